The fourth-order valence-electron chi connectivity index (χ4n) is 6.18. The van der Waals surface area contributed by atoms with Crippen molar-refractivity contribution in [2.24, 2.45) is 0 Å². The molecule has 2 aliphatic heterocycles. The average Bonchev–Trinajstić information content (AvgIpc) is 3.77. The van der Waals surface area contributed by atoms with Gasteiger partial charge >= 0.3 is 5.69 Å². The van der Waals surface area contributed by atoms with Gasteiger partial charge in [0.15, 0.2) is 11.5 Å². The maximum atomic E-state index is 16.1. The summed E-state index contributed by atoms with van der Waals surface area (Å²) in [6.45, 7) is 8.06. The Morgan fingerprint density at radius 2 is 1.93 bits per heavy atom. The minimum absolute atomic E-state index is 0.0229. The smallest absolute Gasteiger partial charge is 0.349 e. The van der Waals surface area contributed by atoms with Crippen LogP contribution in [0.25, 0.3) is 28.0 Å². The first-order valence-corrected chi connectivity index (χ1v) is 13.9. The number of nitrogens with zero attached hydrogens (tertiary/aromatic N) is 7. The lowest BCUT2D eigenvalue weighted by molar-refractivity contribution is -0.127. The van der Waals surface area contributed by atoms with Crippen molar-refractivity contribution < 1.29 is 18.4 Å². The second-order valence-corrected chi connectivity index (χ2v) is 11.1. The maximum absolute atomic E-state index is 16.1. The van der Waals surface area contributed by atoms with Gasteiger partial charge in [0.05, 0.1) is 52.2 Å². The summed E-state index contributed by atoms with van der Waals surface area (Å²) in [6.07, 6.45) is 2.97. The number of rotatable bonds is 3. The van der Waals surface area contributed by atoms with Gasteiger partial charge in [-0.15, -0.1) is 0 Å². The second-order valence-electron chi connectivity index (χ2n) is 11.1. The molecule has 218 valence electrons. The molecule has 13 heteroatoms. The molecule has 4 aromatic rings. The normalized spacial score (nSPS) is 19.0. The Hall–Kier alpha value is -5.07. The highest BCUT2D eigenvalue weighted by Crippen LogP contribution is 2.42. The lowest BCUT2D eigenvalue weighted by atomic mass is 10.1. The zero-order valence-electron chi connectivity index (χ0n) is 23.3. The number of anilines is 2. The number of hydrogen-bond acceptors (Lipinski definition) is 8. The van der Waals surface area contributed by atoms with Crippen LogP contribution >= 0.6 is 0 Å². The Kier molecular flexibility index (Phi) is 6.08. The Labute approximate surface area is 243 Å². The van der Waals surface area contributed by atoms with Crippen LogP contribution in [0.2, 0.25) is 0 Å². The molecule has 0 spiro atoms. The van der Waals surface area contributed by atoms with Crippen LogP contribution in [0, 0.1) is 11.6 Å². The van der Waals surface area contributed by atoms with Crippen LogP contribution in [-0.2, 0) is 16.0 Å². The molecule has 1 saturated heterocycles. The zero-order chi connectivity index (χ0) is 30.2. The summed E-state index contributed by atoms with van der Waals surface area (Å²) in [5.41, 5.74) is -0.370. The van der Waals surface area contributed by atoms with Crippen LogP contribution in [0.4, 0.5) is 20.3 Å². The van der Waals surface area contributed by atoms with Crippen molar-refractivity contribution in [1.29, 1.82) is 0 Å². The van der Waals surface area contributed by atoms with E-state index in [4.69, 9.17) is 0 Å². The summed E-state index contributed by atoms with van der Waals surface area (Å²) < 4.78 is 32.6. The molecule has 1 aliphatic carbocycles. The van der Waals surface area contributed by atoms with Gasteiger partial charge in [0, 0.05) is 13.1 Å². The van der Waals surface area contributed by atoms with Gasteiger partial charge in [-0.05, 0) is 36.6 Å². The fourth-order valence-corrected chi connectivity index (χ4v) is 6.18. The van der Waals surface area contributed by atoms with Crippen LogP contribution in [0.1, 0.15) is 37.6 Å². The van der Waals surface area contributed by atoms with Crippen molar-refractivity contribution in [2.45, 2.75) is 44.7 Å². The van der Waals surface area contributed by atoms with Gasteiger partial charge in [-0.25, -0.2) is 33.1 Å². The van der Waals surface area contributed by atoms with E-state index in [1.54, 1.807) is 4.90 Å². The molecule has 2 atom stereocenters. The van der Waals surface area contributed by atoms with E-state index in [0.29, 0.717) is 25.2 Å². The molecular formula is C30H26F2N8O3. The molecule has 2 fully saturated rings. The number of fused-ring (bicyclic) bond motifs is 6. The summed E-state index contributed by atoms with van der Waals surface area (Å²) >= 11 is 0. The minimum atomic E-state index is -0.859. The zero-order valence-corrected chi connectivity index (χ0v) is 23.3. The summed E-state index contributed by atoms with van der Waals surface area (Å²) in [7, 11) is 0. The van der Waals surface area contributed by atoms with Gasteiger partial charge in [0.2, 0.25) is 11.8 Å². The molecule has 11 nitrogen and oxygen atoms in total. The van der Waals surface area contributed by atoms with Gasteiger partial charge in [0.1, 0.15) is 23.7 Å². The largest absolute Gasteiger partial charge is 0.355 e. The van der Waals surface area contributed by atoms with E-state index in [-0.39, 0.29) is 75.5 Å². The van der Waals surface area contributed by atoms with Crippen molar-refractivity contribution >= 4 is 34.4 Å². The van der Waals surface area contributed by atoms with Crippen LogP contribution < -0.4 is 15.9 Å². The molecule has 2 bridgehead atoms. The monoisotopic (exact) mass is 584 g/mol. The van der Waals surface area contributed by atoms with Gasteiger partial charge < -0.3 is 15.1 Å². The van der Waals surface area contributed by atoms with Crippen LogP contribution in [0.5, 0.6) is 0 Å². The Bertz CT molecular complexity index is 1940. The lowest BCUT2D eigenvalue weighted by Gasteiger charge is -2.35. The van der Waals surface area contributed by atoms with Crippen molar-refractivity contribution in [3.8, 4) is 16.9 Å². The third-order valence-corrected chi connectivity index (χ3v) is 8.19. The molecule has 0 unspecified atom stereocenters. The number of carbonyl (C=O) groups is 2. The number of pyridine rings is 1. The highest BCUT2D eigenvalue weighted by Gasteiger charge is 2.51. The molecule has 2 amide bonds. The number of nitrogens with one attached hydrogen (secondary N) is 1. The van der Waals surface area contributed by atoms with E-state index >= 15 is 8.78 Å². The Morgan fingerprint density at radius 1 is 1.12 bits per heavy atom. The quantitative estimate of drug-likeness (QED) is 0.364. The first-order valence-electron chi connectivity index (χ1n) is 13.9. The Balaban J connectivity index is 1.54. The molecule has 5 heterocycles. The average molecular weight is 585 g/mol. The molecule has 3 aromatic heterocycles. The highest BCUT2D eigenvalue weighted by molar-refractivity contribution is 5.98. The summed E-state index contributed by atoms with van der Waals surface area (Å²) in [5.74, 6) is -2.36. The van der Waals surface area contributed by atoms with Crippen LogP contribution in [0.3, 0.4) is 0 Å². The number of aromatic nitrogens is 5. The van der Waals surface area contributed by atoms with Crippen LogP contribution in [0.15, 0.2) is 48.0 Å². The first kappa shape index (κ1) is 26.8. The van der Waals surface area contributed by atoms with E-state index < -0.39 is 23.2 Å². The molecule has 7 rings (SSSR count). The molecular weight excluding hydrogens is 558 g/mol. The van der Waals surface area contributed by atoms with Gasteiger partial charge in [-0.2, -0.15) is 4.98 Å². The molecule has 43 heavy (non-hydrogen) atoms. The predicted molar refractivity (Wildman–Crippen MR) is 154 cm³/mol. The summed E-state index contributed by atoms with van der Waals surface area (Å²) in [6, 6.07) is 4.99. The lowest BCUT2D eigenvalue weighted by Crippen LogP contribution is -2.49. The molecule has 1 N–H and O–H groups in total. The topological polar surface area (TPSA) is 126 Å². The molecule has 0 radical (unpaired) electrons. The number of piperazine rings is 1. The second kappa shape index (κ2) is 9.75. The standard InChI is InChI=1S/C30H26F2N8O3/c1-4-23(42)38-8-9-39(21-12-20(21)38)28-15-10-17(32)26-24-16(31)6-5-7-18(24)35-22(41)11-19-27(25(14(2)3)34-13-33-19)40(29(15)36-26)30(43)37-28/h4-7,10,13-14,20-21H,1,8-9,11-12H2,2-3H3,(H,35,41)/t20-,21+/m1/s1. The number of hydrogen-bond donors (Lipinski definition) is 1. The molecule has 1 aromatic carbocycles. The van der Waals surface area contributed by atoms with Crippen LogP contribution in [-0.4, -0.2) is 66.4 Å². The van der Waals surface area contributed by atoms with E-state index in [9.17, 15) is 14.4 Å². The van der Waals surface area contributed by atoms with Crippen molar-refractivity contribution in [3.63, 3.8) is 0 Å². The SMILES string of the molecule is C=CC(=O)N1CCN(c2nc(=O)n3c4nc(c(F)cc24)-c2c(F)cccc2NC(=O)Cc2ncnc(C(C)C)c2-3)[C@H]2C[C@H]21. The third-order valence-electron chi connectivity index (χ3n) is 8.19. The van der Waals surface area contributed by atoms with Gasteiger partial charge in [0.25, 0.3) is 0 Å². The maximum Gasteiger partial charge on any atom is 0.355 e. The fraction of sp³-hybridized carbons (Fsp3) is 0.300. The number of amides is 2. The van der Waals surface area contributed by atoms with Gasteiger partial charge in [-0.1, -0.05) is 26.5 Å². The Morgan fingerprint density at radius 3 is 2.70 bits per heavy atom. The van der Waals surface area contributed by atoms with E-state index in [2.05, 4.69) is 31.8 Å². The van der Waals surface area contributed by atoms with E-state index in [1.165, 1.54) is 35.2 Å². The third kappa shape index (κ3) is 4.17. The van der Waals surface area contributed by atoms with Gasteiger partial charge in [-0.3, -0.25) is 9.59 Å². The first-order chi connectivity index (χ1) is 20.7. The number of carbonyl (C=O) groups excluding carboxylic acids is 2. The van der Waals surface area contributed by atoms with Crippen molar-refractivity contribution in [3.05, 3.63) is 76.8 Å². The van der Waals surface area contributed by atoms with E-state index in [1.807, 2.05) is 18.7 Å². The van der Waals surface area contributed by atoms with Crippen molar-refractivity contribution in [1.82, 2.24) is 29.4 Å². The summed E-state index contributed by atoms with van der Waals surface area (Å²) in [5, 5.41) is 2.88. The number of benzene rings is 1. The predicted octanol–water partition coefficient (Wildman–Crippen LogP) is 3.11. The number of halogens is 2. The molecule has 1 saturated carbocycles. The summed E-state index contributed by atoms with van der Waals surface area (Å²) in [4.78, 5) is 61.1. The van der Waals surface area contributed by atoms with Crippen molar-refractivity contribution in [2.75, 3.05) is 23.3 Å². The minimum Gasteiger partial charge on any atom is -0.349 e. The van der Waals surface area contributed by atoms with E-state index in [0.717, 1.165) is 6.07 Å². The molecule has 3 aliphatic rings. The highest BCUT2D eigenvalue weighted by atomic mass is 19.1.